The second-order valence-corrected chi connectivity index (χ2v) is 8.38. The fourth-order valence-electron chi connectivity index (χ4n) is 2.28. The number of carbonyl (C=O) groups is 1. The van der Waals surface area contributed by atoms with Crippen LogP contribution in [-0.4, -0.2) is 26.4 Å². The lowest BCUT2D eigenvalue weighted by atomic mass is 10.2. The molecule has 0 bridgehead atoms. The van der Waals surface area contributed by atoms with Crippen LogP contribution in [0.3, 0.4) is 0 Å². The number of hydrogen-bond acceptors (Lipinski definition) is 6. The van der Waals surface area contributed by atoms with Crippen LogP contribution in [0.25, 0.3) is 11.5 Å². The van der Waals surface area contributed by atoms with Crippen molar-refractivity contribution in [1.82, 2.24) is 15.0 Å². The van der Waals surface area contributed by atoms with Crippen molar-refractivity contribution in [3.8, 4) is 11.5 Å². The number of thiazole rings is 1. The number of aryl methyl sites for hydroxylation is 1. The van der Waals surface area contributed by atoms with Crippen LogP contribution in [0.1, 0.15) is 21.1 Å². The van der Waals surface area contributed by atoms with Gasteiger partial charge in [-0.05, 0) is 44.3 Å². The van der Waals surface area contributed by atoms with E-state index in [0.29, 0.717) is 11.5 Å². The molecule has 3 rings (SSSR count). The summed E-state index contributed by atoms with van der Waals surface area (Å²) in [5, 5.41) is 5.57. The van der Waals surface area contributed by atoms with Crippen molar-refractivity contribution in [2.45, 2.75) is 18.4 Å². The first-order valence-corrected chi connectivity index (χ1v) is 10.1. The molecule has 136 valence electrons. The van der Waals surface area contributed by atoms with Gasteiger partial charge in [-0.2, -0.15) is 0 Å². The van der Waals surface area contributed by atoms with E-state index >= 15 is 0 Å². The van der Waals surface area contributed by atoms with E-state index < -0.39 is 10.0 Å². The van der Waals surface area contributed by atoms with E-state index in [1.165, 1.54) is 36.6 Å². The van der Waals surface area contributed by atoms with Crippen LogP contribution in [-0.2, 0) is 16.6 Å². The lowest BCUT2D eigenvalue weighted by molar-refractivity contribution is 0.0948. The average Bonchev–Trinajstić information content (AvgIpc) is 3.28. The maximum absolute atomic E-state index is 12.3. The van der Waals surface area contributed by atoms with Gasteiger partial charge in [0.15, 0.2) is 5.76 Å². The second kappa shape index (κ2) is 7.40. The molecule has 1 amide bonds. The summed E-state index contributed by atoms with van der Waals surface area (Å²) in [6, 6.07) is 9.40. The van der Waals surface area contributed by atoms with E-state index in [9.17, 15) is 13.2 Å². The van der Waals surface area contributed by atoms with Crippen molar-refractivity contribution >= 4 is 27.3 Å². The van der Waals surface area contributed by atoms with Gasteiger partial charge in [-0.15, -0.1) is 11.3 Å². The van der Waals surface area contributed by atoms with Gasteiger partial charge in [0.25, 0.3) is 5.91 Å². The molecule has 2 N–H and O–H groups in total. The van der Waals surface area contributed by atoms with Gasteiger partial charge in [-0.25, -0.2) is 18.1 Å². The van der Waals surface area contributed by atoms with Crippen LogP contribution in [0.5, 0.6) is 0 Å². The van der Waals surface area contributed by atoms with E-state index in [4.69, 9.17) is 4.42 Å². The third kappa shape index (κ3) is 4.01. The monoisotopic (exact) mass is 391 g/mol. The average molecular weight is 391 g/mol. The zero-order valence-corrected chi connectivity index (χ0v) is 15.8. The highest BCUT2D eigenvalue weighted by molar-refractivity contribution is 7.89. The smallest absolute Gasteiger partial charge is 0.251 e. The van der Waals surface area contributed by atoms with Crippen LogP contribution in [0.15, 0.2) is 51.1 Å². The molecule has 3 aromatic rings. The minimum atomic E-state index is -3.60. The molecule has 0 spiro atoms. The van der Waals surface area contributed by atoms with E-state index in [0.717, 1.165) is 10.7 Å². The molecule has 9 heteroatoms. The SMILES string of the molecule is CNS(=O)(=O)c1cccc(C(=O)NCc2ccc(-c3csc(C)n3)o2)c1. The van der Waals surface area contributed by atoms with Crippen molar-refractivity contribution in [1.29, 1.82) is 0 Å². The molecule has 1 aromatic carbocycles. The van der Waals surface area contributed by atoms with Gasteiger partial charge >= 0.3 is 0 Å². The number of amides is 1. The highest BCUT2D eigenvalue weighted by Gasteiger charge is 2.15. The third-order valence-electron chi connectivity index (χ3n) is 3.63. The fraction of sp³-hybridized carbons (Fsp3) is 0.176. The molecule has 0 aliphatic heterocycles. The van der Waals surface area contributed by atoms with Crippen molar-refractivity contribution < 1.29 is 17.6 Å². The highest BCUT2D eigenvalue weighted by atomic mass is 32.2. The summed E-state index contributed by atoms with van der Waals surface area (Å²) >= 11 is 1.53. The molecule has 0 aliphatic carbocycles. The number of furan rings is 1. The molecule has 0 fully saturated rings. The zero-order valence-electron chi connectivity index (χ0n) is 14.1. The van der Waals surface area contributed by atoms with Crippen molar-refractivity contribution in [2.75, 3.05) is 7.05 Å². The van der Waals surface area contributed by atoms with Crippen molar-refractivity contribution in [3.63, 3.8) is 0 Å². The quantitative estimate of drug-likeness (QED) is 0.672. The van der Waals surface area contributed by atoms with Crippen LogP contribution in [0.2, 0.25) is 0 Å². The summed E-state index contributed by atoms with van der Waals surface area (Å²) in [6.45, 7) is 2.10. The highest BCUT2D eigenvalue weighted by Crippen LogP contribution is 2.23. The number of rotatable bonds is 6. The maximum Gasteiger partial charge on any atom is 0.251 e. The van der Waals surface area contributed by atoms with Crippen LogP contribution < -0.4 is 10.0 Å². The van der Waals surface area contributed by atoms with Gasteiger partial charge < -0.3 is 9.73 Å². The standard InChI is InChI=1S/C17H17N3O4S2/c1-11-20-15(10-25-11)16-7-6-13(24-16)9-19-17(21)12-4-3-5-14(8-12)26(22,23)18-2/h3-8,10,18H,9H2,1-2H3,(H,19,21). The first-order chi connectivity index (χ1) is 12.4. The summed E-state index contributed by atoms with van der Waals surface area (Å²) in [4.78, 5) is 16.7. The van der Waals surface area contributed by atoms with Crippen LogP contribution in [0.4, 0.5) is 0 Å². The Bertz CT molecular complexity index is 1040. The lowest BCUT2D eigenvalue weighted by Crippen LogP contribution is -2.23. The van der Waals surface area contributed by atoms with Crippen LogP contribution >= 0.6 is 11.3 Å². The number of sulfonamides is 1. The van der Waals surface area contributed by atoms with Crippen molar-refractivity contribution in [3.05, 3.63) is 58.1 Å². The number of hydrogen-bond donors (Lipinski definition) is 2. The minimum absolute atomic E-state index is 0.0341. The fourth-order valence-corrected chi connectivity index (χ4v) is 3.66. The molecule has 0 radical (unpaired) electrons. The van der Waals surface area contributed by atoms with E-state index in [1.54, 1.807) is 18.2 Å². The number of carbonyl (C=O) groups excluding carboxylic acids is 1. The number of nitrogens with zero attached hydrogens (tertiary/aromatic N) is 1. The second-order valence-electron chi connectivity index (χ2n) is 5.44. The molecule has 0 saturated carbocycles. The van der Waals surface area contributed by atoms with Gasteiger partial charge in [-0.1, -0.05) is 6.07 Å². The molecule has 0 saturated heterocycles. The van der Waals surface area contributed by atoms with Gasteiger partial charge in [0.05, 0.1) is 16.4 Å². The molecule has 7 nitrogen and oxygen atoms in total. The Morgan fingerprint density at radius 2 is 2.08 bits per heavy atom. The van der Waals surface area contributed by atoms with Crippen molar-refractivity contribution in [2.24, 2.45) is 0 Å². The molecule has 2 heterocycles. The third-order valence-corrected chi connectivity index (χ3v) is 5.82. The number of aromatic nitrogens is 1. The molecule has 2 aromatic heterocycles. The lowest BCUT2D eigenvalue weighted by Gasteiger charge is -2.06. The Morgan fingerprint density at radius 1 is 1.27 bits per heavy atom. The van der Waals surface area contributed by atoms with Gasteiger partial charge in [0.1, 0.15) is 11.5 Å². The van der Waals surface area contributed by atoms with E-state index in [-0.39, 0.29) is 22.9 Å². The van der Waals surface area contributed by atoms with Crippen LogP contribution in [0, 0.1) is 6.92 Å². The first kappa shape index (κ1) is 18.3. The zero-order chi connectivity index (χ0) is 18.7. The predicted molar refractivity (Wildman–Crippen MR) is 98.4 cm³/mol. The Kier molecular flexibility index (Phi) is 5.21. The summed E-state index contributed by atoms with van der Waals surface area (Å²) in [7, 11) is -2.28. The largest absolute Gasteiger partial charge is 0.458 e. The topological polar surface area (TPSA) is 101 Å². The molecule has 0 atom stereocenters. The number of benzene rings is 1. The Balaban J connectivity index is 1.68. The molecule has 0 aliphatic rings. The molecule has 26 heavy (non-hydrogen) atoms. The first-order valence-electron chi connectivity index (χ1n) is 7.72. The Hall–Kier alpha value is -2.49. The predicted octanol–water partition coefficient (Wildman–Crippen LogP) is 2.55. The van der Waals surface area contributed by atoms with Gasteiger partial charge in [0.2, 0.25) is 10.0 Å². The van der Waals surface area contributed by atoms with E-state index in [2.05, 4.69) is 15.0 Å². The summed E-state index contributed by atoms with van der Waals surface area (Å²) in [5.41, 5.74) is 1.01. The number of nitrogens with one attached hydrogen (secondary N) is 2. The van der Waals surface area contributed by atoms with Gasteiger partial charge in [0, 0.05) is 10.9 Å². The molecule has 0 unspecified atom stereocenters. The summed E-state index contributed by atoms with van der Waals surface area (Å²) < 4.78 is 31.6. The summed E-state index contributed by atoms with van der Waals surface area (Å²) in [6.07, 6.45) is 0. The Labute approximate surface area is 155 Å². The minimum Gasteiger partial charge on any atom is -0.458 e. The maximum atomic E-state index is 12.3. The summed E-state index contributed by atoms with van der Waals surface area (Å²) in [5.74, 6) is 0.833. The normalized spacial score (nSPS) is 11.5. The van der Waals surface area contributed by atoms with E-state index in [1.807, 2.05) is 12.3 Å². The Morgan fingerprint density at radius 3 is 2.77 bits per heavy atom. The molecular weight excluding hydrogens is 374 g/mol. The molecular formula is C17H17N3O4S2. The van der Waals surface area contributed by atoms with Gasteiger partial charge in [-0.3, -0.25) is 4.79 Å².